The van der Waals surface area contributed by atoms with Gasteiger partial charge in [-0.15, -0.1) is 0 Å². The third kappa shape index (κ3) is 7.09. The van der Waals surface area contributed by atoms with E-state index < -0.39 is 34.3 Å². The molecule has 0 bridgehead atoms. The predicted molar refractivity (Wildman–Crippen MR) is 153 cm³/mol. The maximum Gasteiger partial charge on any atom is 0.264 e. The molecule has 218 valence electrons. The Kier molecular flexibility index (Phi) is 9.72. The number of nitrogens with one attached hydrogen (secondary N) is 1. The number of benzene rings is 3. The van der Waals surface area contributed by atoms with Crippen molar-refractivity contribution >= 4 is 39.1 Å². The molecule has 1 heterocycles. The summed E-state index contributed by atoms with van der Waals surface area (Å²) in [6.07, 6.45) is 0.288. The van der Waals surface area contributed by atoms with Gasteiger partial charge in [-0.3, -0.25) is 13.9 Å². The summed E-state index contributed by atoms with van der Waals surface area (Å²) in [6.45, 7) is 3.88. The van der Waals surface area contributed by atoms with Crippen LogP contribution in [0.25, 0.3) is 0 Å². The number of nitrogens with zero attached hydrogens (tertiary/aromatic N) is 2. The topological polar surface area (TPSA) is 105 Å². The average Bonchev–Trinajstić information content (AvgIpc) is 2.97. The predicted octanol–water partition coefficient (Wildman–Crippen LogP) is 4.39. The van der Waals surface area contributed by atoms with E-state index in [1.807, 2.05) is 0 Å². The highest BCUT2D eigenvalue weighted by Gasteiger charge is 2.34. The molecule has 2 amide bonds. The van der Waals surface area contributed by atoms with Crippen molar-refractivity contribution in [1.82, 2.24) is 10.2 Å². The van der Waals surface area contributed by atoms with Crippen LogP contribution in [0.4, 0.5) is 10.1 Å². The number of likely N-dealkylation sites (N-methyl/N-ethyl adjacent to an activating group) is 1. The SMILES string of the molecule is CCNC(=O)[C@@H](CC)N(Cc1ccc(Cl)cc1)C(=O)CN(c1ccc(F)cc1)S(=O)(=O)c1ccc2c(c1)OCCO2. The molecule has 3 aromatic carbocycles. The fraction of sp³-hybridized carbons (Fsp3) is 0.310. The van der Waals surface area contributed by atoms with Crippen LogP contribution in [0.15, 0.2) is 71.6 Å². The lowest BCUT2D eigenvalue weighted by Gasteiger charge is -2.33. The van der Waals surface area contributed by atoms with Crippen LogP contribution >= 0.6 is 11.6 Å². The molecule has 3 aromatic rings. The van der Waals surface area contributed by atoms with E-state index in [2.05, 4.69) is 5.32 Å². The van der Waals surface area contributed by atoms with Crippen molar-refractivity contribution < 1.29 is 31.9 Å². The molecular formula is C29H31ClFN3O6S. The summed E-state index contributed by atoms with van der Waals surface area (Å²) in [5, 5.41) is 3.26. The molecule has 0 saturated carbocycles. The average molecular weight is 604 g/mol. The molecule has 12 heteroatoms. The van der Waals surface area contributed by atoms with E-state index in [0.29, 0.717) is 29.5 Å². The molecule has 9 nitrogen and oxygen atoms in total. The van der Waals surface area contributed by atoms with E-state index in [0.717, 1.165) is 16.4 Å². The lowest BCUT2D eigenvalue weighted by molar-refractivity contribution is -0.140. The molecule has 0 fully saturated rings. The summed E-state index contributed by atoms with van der Waals surface area (Å²) in [7, 11) is -4.36. The van der Waals surface area contributed by atoms with Gasteiger partial charge in [0.1, 0.15) is 31.6 Å². The molecule has 0 unspecified atom stereocenters. The molecule has 0 aliphatic carbocycles. The van der Waals surface area contributed by atoms with Crippen LogP contribution in [0, 0.1) is 5.82 Å². The van der Waals surface area contributed by atoms with Gasteiger partial charge in [0.05, 0.1) is 10.6 Å². The number of fused-ring (bicyclic) bond motifs is 1. The highest BCUT2D eigenvalue weighted by molar-refractivity contribution is 7.92. The van der Waals surface area contributed by atoms with Gasteiger partial charge in [-0.25, -0.2) is 12.8 Å². The highest BCUT2D eigenvalue weighted by Crippen LogP contribution is 2.34. The summed E-state index contributed by atoms with van der Waals surface area (Å²) in [4.78, 5) is 28.2. The van der Waals surface area contributed by atoms with Crippen LogP contribution < -0.4 is 19.1 Å². The monoisotopic (exact) mass is 603 g/mol. The van der Waals surface area contributed by atoms with Crippen LogP contribution in [0.2, 0.25) is 5.02 Å². The van der Waals surface area contributed by atoms with Gasteiger partial charge in [-0.2, -0.15) is 0 Å². The third-order valence-electron chi connectivity index (χ3n) is 6.50. The zero-order valence-electron chi connectivity index (χ0n) is 22.7. The van der Waals surface area contributed by atoms with Crippen LogP contribution in [0.3, 0.4) is 0 Å². The van der Waals surface area contributed by atoms with Gasteiger partial charge in [0.15, 0.2) is 11.5 Å². The molecule has 4 rings (SSSR count). The molecule has 1 N–H and O–H groups in total. The minimum absolute atomic E-state index is 0.0347. The van der Waals surface area contributed by atoms with Gasteiger partial charge in [-0.1, -0.05) is 30.7 Å². The van der Waals surface area contributed by atoms with E-state index >= 15 is 0 Å². The summed E-state index contributed by atoms with van der Waals surface area (Å²) in [5.41, 5.74) is 0.778. The second-order valence-corrected chi connectivity index (χ2v) is 11.6. The molecule has 0 radical (unpaired) electrons. The highest BCUT2D eigenvalue weighted by atomic mass is 35.5. The van der Waals surface area contributed by atoms with Crippen LogP contribution in [0.1, 0.15) is 25.8 Å². The Morgan fingerprint density at radius 2 is 1.63 bits per heavy atom. The Labute approximate surface area is 243 Å². The lowest BCUT2D eigenvalue weighted by Crippen LogP contribution is -2.52. The summed E-state index contributed by atoms with van der Waals surface area (Å²) < 4.78 is 53.8. The van der Waals surface area contributed by atoms with Gasteiger partial charge >= 0.3 is 0 Å². The quantitative estimate of drug-likeness (QED) is 0.349. The number of hydrogen-bond acceptors (Lipinski definition) is 6. The first kappa shape index (κ1) is 30.1. The minimum atomic E-state index is -4.36. The lowest BCUT2D eigenvalue weighted by atomic mass is 10.1. The maximum absolute atomic E-state index is 14.0. The van der Waals surface area contributed by atoms with Crippen molar-refractivity contribution in [3.63, 3.8) is 0 Å². The Balaban J connectivity index is 1.74. The van der Waals surface area contributed by atoms with Crippen LogP contribution in [-0.2, 0) is 26.2 Å². The number of hydrogen-bond donors (Lipinski definition) is 1. The standard InChI is InChI=1S/C29H31ClFN3O6S/c1-3-25(29(36)32-4-2)33(18-20-5-7-21(30)8-6-20)28(35)19-34(23-11-9-22(31)10-12-23)41(37,38)24-13-14-26-27(17-24)40-16-15-39-26/h5-14,17,25H,3-4,15-16,18-19H2,1-2H3,(H,32,36)/t25-/m1/s1. The smallest absolute Gasteiger partial charge is 0.264 e. The Bertz CT molecular complexity index is 1490. The van der Waals surface area contributed by atoms with E-state index in [1.165, 1.54) is 35.2 Å². The molecule has 0 saturated heterocycles. The summed E-state index contributed by atoms with van der Waals surface area (Å²) in [6, 6.07) is 14.9. The van der Waals surface area contributed by atoms with Crippen molar-refractivity contribution in [3.8, 4) is 11.5 Å². The second-order valence-electron chi connectivity index (χ2n) is 9.26. The first-order valence-electron chi connectivity index (χ1n) is 13.1. The van der Waals surface area contributed by atoms with E-state index in [9.17, 15) is 22.4 Å². The molecule has 41 heavy (non-hydrogen) atoms. The number of carbonyl (C=O) groups excluding carboxylic acids is 2. The summed E-state index contributed by atoms with van der Waals surface area (Å²) >= 11 is 6.03. The minimum Gasteiger partial charge on any atom is -0.486 e. The fourth-order valence-electron chi connectivity index (χ4n) is 4.45. The Hall–Kier alpha value is -3.83. The van der Waals surface area contributed by atoms with E-state index in [-0.39, 0.29) is 41.8 Å². The van der Waals surface area contributed by atoms with Crippen molar-refractivity contribution in [1.29, 1.82) is 0 Å². The van der Waals surface area contributed by atoms with Crippen molar-refractivity contribution in [2.75, 3.05) is 30.6 Å². The fourth-order valence-corrected chi connectivity index (χ4v) is 6.00. The largest absolute Gasteiger partial charge is 0.486 e. The zero-order chi connectivity index (χ0) is 29.6. The van der Waals surface area contributed by atoms with Gasteiger partial charge in [0.2, 0.25) is 11.8 Å². The first-order valence-corrected chi connectivity index (χ1v) is 15.0. The molecule has 1 aliphatic heterocycles. The zero-order valence-corrected chi connectivity index (χ0v) is 24.3. The Morgan fingerprint density at radius 1 is 0.976 bits per heavy atom. The second kappa shape index (κ2) is 13.2. The number of amides is 2. The van der Waals surface area contributed by atoms with E-state index in [1.54, 1.807) is 38.1 Å². The van der Waals surface area contributed by atoms with Gasteiger partial charge < -0.3 is 19.7 Å². The van der Waals surface area contributed by atoms with Gasteiger partial charge in [0.25, 0.3) is 10.0 Å². The van der Waals surface area contributed by atoms with Crippen molar-refractivity contribution in [2.45, 2.75) is 37.8 Å². The molecule has 1 atom stereocenters. The van der Waals surface area contributed by atoms with Crippen LogP contribution in [0.5, 0.6) is 11.5 Å². The molecule has 1 aliphatic rings. The van der Waals surface area contributed by atoms with Crippen LogP contribution in [-0.4, -0.2) is 57.5 Å². The number of sulfonamides is 1. The third-order valence-corrected chi connectivity index (χ3v) is 8.52. The normalized spacial score (nSPS) is 13.3. The molecule has 0 spiro atoms. The van der Waals surface area contributed by atoms with Crippen molar-refractivity contribution in [3.05, 3.63) is 83.1 Å². The van der Waals surface area contributed by atoms with E-state index in [4.69, 9.17) is 21.1 Å². The maximum atomic E-state index is 14.0. The number of ether oxygens (including phenoxy) is 2. The van der Waals surface area contributed by atoms with Gasteiger partial charge in [0, 0.05) is 24.2 Å². The Morgan fingerprint density at radius 3 is 2.27 bits per heavy atom. The molecule has 0 aromatic heterocycles. The number of rotatable bonds is 11. The first-order chi connectivity index (χ1) is 19.6. The number of carbonyl (C=O) groups is 2. The van der Waals surface area contributed by atoms with Crippen molar-refractivity contribution in [2.24, 2.45) is 0 Å². The van der Waals surface area contributed by atoms with Gasteiger partial charge in [-0.05, 0) is 67.4 Å². The summed E-state index contributed by atoms with van der Waals surface area (Å²) in [5.74, 6) is -0.886. The number of halogens is 2. The number of anilines is 1. The molecular weight excluding hydrogens is 573 g/mol.